The van der Waals surface area contributed by atoms with Crippen LogP contribution >= 0.6 is 0 Å². The highest BCUT2D eigenvalue weighted by Gasteiger charge is 2.15. The van der Waals surface area contributed by atoms with Gasteiger partial charge in [-0.1, -0.05) is 18.2 Å². The molecule has 0 atom stereocenters. The largest absolute Gasteiger partial charge is 0.351 e. The van der Waals surface area contributed by atoms with Crippen LogP contribution in [-0.4, -0.2) is 26.5 Å². The first-order chi connectivity index (χ1) is 14.4. The number of nitrogens with two attached hydrogens (primary N) is 1. The SMILES string of the molecule is Cc1nc2c3ccccc3nn2c(C)c1CCC(=O)Nc1cccc(NC(N)=O)c1. The van der Waals surface area contributed by atoms with Gasteiger partial charge in [0.2, 0.25) is 5.91 Å². The summed E-state index contributed by atoms with van der Waals surface area (Å²) < 4.78 is 1.85. The van der Waals surface area contributed by atoms with Gasteiger partial charge >= 0.3 is 6.03 Å². The number of hydrogen-bond acceptors (Lipinski definition) is 4. The second-order valence-corrected chi connectivity index (χ2v) is 7.13. The predicted molar refractivity (Wildman–Crippen MR) is 117 cm³/mol. The zero-order valence-electron chi connectivity index (χ0n) is 16.8. The van der Waals surface area contributed by atoms with Crippen LogP contribution in [-0.2, 0) is 11.2 Å². The Morgan fingerprint density at radius 3 is 2.53 bits per heavy atom. The summed E-state index contributed by atoms with van der Waals surface area (Å²) in [7, 11) is 0. The number of carbonyl (C=O) groups excluding carboxylic acids is 2. The van der Waals surface area contributed by atoms with Gasteiger partial charge in [-0.15, -0.1) is 0 Å². The molecule has 0 saturated carbocycles. The van der Waals surface area contributed by atoms with E-state index in [4.69, 9.17) is 10.7 Å². The second kappa shape index (κ2) is 7.82. The Morgan fingerprint density at radius 1 is 1.03 bits per heavy atom. The van der Waals surface area contributed by atoms with Gasteiger partial charge in [-0.25, -0.2) is 14.3 Å². The molecular formula is C22H22N6O2. The fourth-order valence-corrected chi connectivity index (χ4v) is 3.62. The fraction of sp³-hybridized carbons (Fsp3) is 0.182. The molecular weight excluding hydrogens is 380 g/mol. The number of aryl methyl sites for hydroxylation is 2. The van der Waals surface area contributed by atoms with Crippen molar-refractivity contribution in [2.45, 2.75) is 26.7 Å². The zero-order valence-corrected chi connectivity index (χ0v) is 16.8. The van der Waals surface area contributed by atoms with E-state index in [1.165, 1.54) is 0 Å². The number of amides is 3. The molecule has 0 aliphatic rings. The third-order valence-corrected chi connectivity index (χ3v) is 5.03. The molecule has 0 aliphatic heterocycles. The van der Waals surface area contributed by atoms with E-state index in [0.29, 0.717) is 24.2 Å². The molecule has 0 saturated heterocycles. The number of aromatic nitrogens is 3. The van der Waals surface area contributed by atoms with E-state index in [-0.39, 0.29) is 5.91 Å². The van der Waals surface area contributed by atoms with Crippen LogP contribution in [0.3, 0.4) is 0 Å². The fourth-order valence-electron chi connectivity index (χ4n) is 3.62. The molecule has 0 aliphatic carbocycles. The van der Waals surface area contributed by atoms with Gasteiger partial charge in [0.15, 0.2) is 5.65 Å². The van der Waals surface area contributed by atoms with E-state index in [0.717, 1.165) is 33.5 Å². The van der Waals surface area contributed by atoms with Crippen LogP contribution in [0.1, 0.15) is 23.4 Å². The van der Waals surface area contributed by atoms with Gasteiger partial charge in [0.1, 0.15) is 0 Å². The maximum Gasteiger partial charge on any atom is 0.316 e. The lowest BCUT2D eigenvalue weighted by molar-refractivity contribution is -0.116. The molecule has 0 radical (unpaired) electrons. The van der Waals surface area contributed by atoms with Crippen LogP contribution in [0.4, 0.5) is 16.2 Å². The van der Waals surface area contributed by atoms with Crippen LogP contribution in [0.15, 0.2) is 48.5 Å². The topological polar surface area (TPSA) is 114 Å². The van der Waals surface area contributed by atoms with Gasteiger partial charge in [-0.3, -0.25) is 4.79 Å². The standard InChI is InChI=1S/C22H22N6O2/c1-13-17(14(2)28-21(24-13)18-8-3-4-9-19(18)27-28)10-11-20(29)25-15-6-5-7-16(12-15)26-22(23)30/h3-9,12H,10-11H2,1-2H3,(H,25,29)(H3,23,26,30). The summed E-state index contributed by atoms with van der Waals surface area (Å²) in [4.78, 5) is 28.2. The minimum absolute atomic E-state index is 0.129. The molecule has 8 nitrogen and oxygen atoms in total. The Hall–Kier alpha value is -3.94. The van der Waals surface area contributed by atoms with Crippen molar-refractivity contribution < 1.29 is 9.59 Å². The molecule has 2 aromatic carbocycles. The summed E-state index contributed by atoms with van der Waals surface area (Å²) in [5.41, 5.74) is 10.8. The number of hydrogen-bond donors (Lipinski definition) is 3. The minimum atomic E-state index is -0.654. The van der Waals surface area contributed by atoms with Gasteiger partial charge in [0.25, 0.3) is 0 Å². The minimum Gasteiger partial charge on any atom is -0.351 e. The Balaban J connectivity index is 1.51. The number of urea groups is 1. The first-order valence-corrected chi connectivity index (χ1v) is 9.62. The van der Waals surface area contributed by atoms with Crippen LogP contribution < -0.4 is 16.4 Å². The average Bonchev–Trinajstić information content (AvgIpc) is 3.06. The number of fused-ring (bicyclic) bond motifs is 3. The molecule has 3 amide bonds. The molecule has 0 fully saturated rings. The van der Waals surface area contributed by atoms with Crippen molar-refractivity contribution in [2.24, 2.45) is 5.73 Å². The van der Waals surface area contributed by atoms with E-state index in [9.17, 15) is 9.59 Å². The van der Waals surface area contributed by atoms with Crippen molar-refractivity contribution in [2.75, 3.05) is 10.6 Å². The van der Waals surface area contributed by atoms with Gasteiger partial charge < -0.3 is 16.4 Å². The van der Waals surface area contributed by atoms with Crippen molar-refractivity contribution in [1.82, 2.24) is 14.6 Å². The van der Waals surface area contributed by atoms with Crippen molar-refractivity contribution >= 4 is 39.9 Å². The number of primary amides is 1. The summed E-state index contributed by atoms with van der Waals surface area (Å²) in [5.74, 6) is -0.129. The number of anilines is 2. The highest BCUT2D eigenvalue weighted by Crippen LogP contribution is 2.23. The smallest absolute Gasteiger partial charge is 0.316 e. The lowest BCUT2D eigenvalue weighted by atomic mass is 10.1. The summed E-state index contributed by atoms with van der Waals surface area (Å²) in [6.07, 6.45) is 0.838. The summed E-state index contributed by atoms with van der Waals surface area (Å²) in [6.45, 7) is 3.96. The molecule has 4 N–H and O–H groups in total. The lowest BCUT2D eigenvalue weighted by Crippen LogP contribution is -2.19. The van der Waals surface area contributed by atoms with Gasteiger partial charge in [0, 0.05) is 34.6 Å². The van der Waals surface area contributed by atoms with Crippen molar-refractivity contribution in [1.29, 1.82) is 0 Å². The van der Waals surface area contributed by atoms with Gasteiger partial charge in [0.05, 0.1) is 5.52 Å². The van der Waals surface area contributed by atoms with E-state index < -0.39 is 6.03 Å². The molecule has 4 rings (SSSR count). The molecule has 0 bridgehead atoms. The van der Waals surface area contributed by atoms with Crippen LogP contribution in [0.5, 0.6) is 0 Å². The maximum atomic E-state index is 12.5. The summed E-state index contributed by atoms with van der Waals surface area (Å²) in [6, 6.07) is 14.1. The quantitative estimate of drug-likeness (QED) is 0.473. The molecule has 30 heavy (non-hydrogen) atoms. The normalized spacial score (nSPS) is 11.0. The Bertz CT molecular complexity index is 1280. The van der Waals surface area contributed by atoms with Gasteiger partial charge in [-0.2, -0.15) is 5.10 Å². The third kappa shape index (κ3) is 3.80. The summed E-state index contributed by atoms with van der Waals surface area (Å²) in [5, 5.41) is 11.0. The van der Waals surface area contributed by atoms with E-state index >= 15 is 0 Å². The van der Waals surface area contributed by atoms with Crippen LogP contribution in [0, 0.1) is 13.8 Å². The van der Waals surface area contributed by atoms with Crippen molar-refractivity contribution in [3.8, 4) is 0 Å². The molecule has 2 aromatic heterocycles. The first kappa shape index (κ1) is 19.4. The monoisotopic (exact) mass is 402 g/mol. The second-order valence-electron chi connectivity index (χ2n) is 7.13. The van der Waals surface area contributed by atoms with E-state index in [1.807, 2.05) is 42.6 Å². The number of nitrogens with zero attached hydrogens (tertiary/aromatic N) is 3. The Kier molecular flexibility index (Phi) is 5.05. The first-order valence-electron chi connectivity index (χ1n) is 9.62. The molecule has 8 heteroatoms. The highest BCUT2D eigenvalue weighted by molar-refractivity contribution is 5.93. The van der Waals surface area contributed by atoms with Crippen LogP contribution in [0.2, 0.25) is 0 Å². The van der Waals surface area contributed by atoms with Crippen molar-refractivity contribution in [3.63, 3.8) is 0 Å². The maximum absolute atomic E-state index is 12.5. The number of nitrogens with one attached hydrogen (secondary N) is 2. The summed E-state index contributed by atoms with van der Waals surface area (Å²) >= 11 is 0. The Labute approximate surface area is 173 Å². The van der Waals surface area contributed by atoms with Crippen molar-refractivity contribution in [3.05, 3.63) is 65.5 Å². The molecule has 0 spiro atoms. The third-order valence-electron chi connectivity index (χ3n) is 5.03. The highest BCUT2D eigenvalue weighted by atomic mass is 16.2. The number of benzene rings is 2. The lowest BCUT2D eigenvalue weighted by Gasteiger charge is -2.12. The van der Waals surface area contributed by atoms with E-state index in [2.05, 4.69) is 15.7 Å². The van der Waals surface area contributed by atoms with E-state index in [1.54, 1.807) is 24.3 Å². The molecule has 4 aromatic rings. The predicted octanol–water partition coefficient (Wildman–Crippen LogP) is 3.56. The number of rotatable bonds is 5. The molecule has 152 valence electrons. The number of carbonyl (C=O) groups is 2. The van der Waals surface area contributed by atoms with Crippen LogP contribution in [0.25, 0.3) is 16.6 Å². The zero-order chi connectivity index (χ0) is 21.3. The molecule has 0 unspecified atom stereocenters. The Morgan fingerprint density at radius 2 is 1.77 bits per heavy atom. The average molecular weight is 402 g/mol. The molecule has 2 heterocycles. The van der Waals surface area contributed by atoms with Gasteiger partial charge in [-0.05, 0) is 56.2 Å².